The molecule has 0 fully saturated rings. The fraction of sp³-hybridized carbons (Fsp3) is 0.241. The number of amides is 1. The Bertz CT molecular complexity index is 1310. The number of hydrogen-bond acceptors (Lipinski definition) is 5. The van der Waals surface area contributed by atoms with Crippen LogP contribution in [0.15, 0.2) is 78.3 Å². The first-order valence-corrected chi connectivity index (χ1v) is 13.0. The van der Waals surface area contributed by atoms with Crippen LogP contribution in [0, 0.1) is 11.6 Å². The Balaban J connectivity index is 1.48. The van der Waals surface area contributed by atoms with Crippen molar-refractivity contribution >= 4 is 17.2 Å². The number of aryl methyl sites for hydroxylation is 1. The Labute approximate surface area is 219 Å². The maximum atomic E-state index is 13.8. The summed E-state index contributed by atoms with van der Waals surface area (Å²) in [7, 11) is 0. The molecule has 0 saturated carbocycles. The number of halogens is 2. The number of carbonyl (C=O) groups is 1. The molecule has 8 heteroatoms. The molecule has 0 spiro atoms. The van der Waals surface area contributed by atoms with Crippen LogP contribution in [-0.2, 0) is 19.4 Å². The highest BCUT2D eigenvalue weighted by Crippen LogP contribution is 2.22. The second-order valence-corrected chi connectivity index (χ2v) is 9.75. The summed E-state index contributed by atoms with van der Waals surface area (Å²) in [6.07, 6.45) is 1.67. The molecular formula is C29H29F2N3O2S. The summed E-state index contributed by atoms with van der Waals surface area (Å²) in [6.45, 7) is 2.81. The minimum absolute atomic E-state index is 0.0563. The molecule has 1 heterocycles. The number of rotatable bonds is 11. The Hall–Kier alpha value is -3.46. The molecule has 3 aromatic carbocycles. The van der Waals surface area contributed by atoms with Crippen LogP contribution in [0.4, 0.5) is 8.78 Å². The van der Waals surface area contributed by atoms with Crippen LogP contribution in [0.1, 0.15) is 34.0 Å². The Morgan fingerprint density at radius 2 is 1.76 bits per heavy atom. The molecule has 37 heavy (non-hydrogen) atoms. The Kier molecular flexibility index (Phi) is 9.11. The molecule has 192 valence electrons. The van der Waals surface area contributed by atoms with Gasteiger partial charge in [0.2, 0.25) is 0 Å². The topological polar surface area (TPSA) is 74.2 Å². The van der Waals surface area contributed by atoms with E-state index in [2.05, 4.69) is 34.7 Å². The summed E-state index contributed by atoms with van der Waals surface area (Å²) in [5.41, 5.74) is 3.85. The first kappa shape index (κ1) is 26.6. The van der Waals surface area contributed by atoms with E-state index in [0.29, 0.717) is 17.7 Å². The molecule has 5 nitrogen and oxygen atoms in total. The molecule has 0 saturated heterocycles. The zero-order chi connectivity index (χ0) is 26.2. The number of carbonyl (C=O) groups excluding carboxylic acids is 1. The Morgan fingerprint density at radius 1 is 1.00 bits per heavy atom. The highest BCUT2D eigenvalue weighted by Gasteiger charge is 2.23. The van der Waals surface area contributed by atoms with Crippen molar-refractivity contribution in [1.82, 2.24) is 15.6 Å². The summed E-state index contributed by atoms with van der Waals surface area (Å²) in [5.74, 6) is -1.81. The van der Waals surface area contributed by atoms with Gasteiger partial charge in [-0.15, -0.1) is 11.3 Å². The van der Waals surface area contributed by atoms with Crippen molar-refractivity contribution < 1.29 is 18.7 Å². The van der Waals surface area contributed by atoms with Crippen molar-refractivity contribution in [3.63, 3.8) is 0 Å². The molecule has 0 aliphatic heterocycles. The number of nitrogens with one attached hydrogen (secondary N) is 2. The van der Waals surface area contributed by atoms with Gasteiger partial charge in [0, 0.05) is 41.9 Å². The lowest BCUT2D eigenvalue weighted by Crippen LogP contribution is -2.48. The molecule has 0 aliphatic carbocycles. The van der Waals surface area contributed by atoms with Crippen molar-refractivity contribution in [1.29, 1.82) is 0 Å². The zero-order valence-corrected chi connectivity index (χ0v) is 21.3. The van der Waals surface area contributed by atoms with E-state index in [-0.39, 0.29) is 13.0 Å². The number of aromatic nitrogens is 1. The fourth-order valence-electron chi connectivity index (χ4n) is 4.14. The van der Waals surface area contributed by atoms with E-state index >= 15 is 0 Å². The molecule has 0 bridgehead atoms. The van der Waals surface area contributed by atoms with Crippen molar-refractivity contribution in [2.75, 3.05) is 6.54 Å². The van der Waals surface area contributed by atoms with Gasteiger partial charge in [-0.2, -0.15) is 0 Å². The standard InChI is InChI=1S/C29H29F2N3O2S/c1-2-19-5-3-6-20(11-19)17-32-18-27(35)26(14-21-12-24(30)16-25(31)13-21)34-28(36)22-7-4-8-23(15-22)29-33-9-10-37-29/h3-13,15-16,26-27,32,35H,2,14,17-18H2,1H3,(H,34,36)/t26-,27-/m0/s1. The Morgan fingerprint density at radius 3 is 2.49 bits per heavy atom. The van der Waals surface area contributed by atoms with Crippen molar-refractivity contribution in [2.45, 2.75) is 38.5 Å². The molecule has 1 aromatic heterocycles. The van der Waals surface area contributed by atoms with Gasteiger partial charge in [0.15, 0.2) is 0 Å². The van der Waals surface area contributed by atoms with E-state index in [4.69, 9.17) is 0 Å². The largest absolute Gasteiger partial charge is 0.390 e. The van der Waals surface area contributed by atoms with Crippen LogP contribution in [0.25, 0.3) is 10.6 Å². The van der Waals surface area contributed by atoms with Crippen LogP contribution in [0.2, 0.25) is 0 Å². The van der Waals surface area contributed by atoms with Gasteiger partial charge in [-0.25, -0.2) is 13.8 Å². The normalized spacial score (nSPS) is 12.8. The second kappa shape index (κ2) is 12.7. The average molecular weight is 522 g/mol. The minimum Gasteiger partial charge on any atom is -0.390 e. The highest BCUT2D eigenvalue weighted by molar-refractivity contribution is 7.13. The number of aliphatic hydroxyl groups excluding tert-OH is 1. The first-order valence-electron chi connectivity index (χ1n) is 12.1. The molecule has 3 N–H and O–H groups in total. The molecule has 2 atom stereocenters. The molecule has 4 aromatic rings. The lowest BCUT2D eigenvalue weighted by atomic mass is 9.99. The van der Waals surface area contributed by atoms with Gasteiger partial charge in [-0.05, 0) is 53.8 Å². The predicted octanol–water partition coefficient (Wildman–Crippen LogP) is 5.14. The quantitative estimate of drug-likeness (QED) is 0.256. The van der Waals surface area contributed by atoms with Gasteiger partial charge in [0.25, 0.3) is 5.91 Å². The van der Waals surface area contributed by atoms with Crippen molar-refractivity contribution in [3.8, 4) is 10.6 Å². The summed E-state index contributed by atoms with van der Waals surface area (Å²) >= 11 is 1.47. The molecular weight excluding hydrogens is 492 g/mol. The maximum absolute atomic E-state index is 13.8. The highest BCUT2D eigenvalue weighted by atomic mass is 32.1. The summed E-state index contributed by atoms with van der Waals surface area (Å²) in [4.78, 5) is 17.4. The number of benzene rings is 3. The molecule has 4 rings (SSSR count). The summed E-state index contributed by atoms with van der Waals surface area (Å²) < 4.78 is 27.7. The fourth-order valence-corrected chi connectivity index (χ4v) is 4.78. The van der Waals surface area contributed by atoms with E-state index in [9.17, 15) is 18.7 Å². The van der Waals surface area contributed by atoms with Gasteiger partial charge >= 0.3 is 0 Å². The zero-order valence-electron chi connectivity index (χ0n) is 20.5. The molecule has 0 radical (unpaired) electrons. The third-order valence-electron chi connectivity index (χ3n) is 6.05. The monoisotopic (exact) mass is 521 g/mol. The number of thiazole rings is 1. The lowest BCUT2D eigenvalue weighted by Gasteiger charge is -2.25. The van der Waals surface area contributed by atoms with E-state index in [1.165, 1.54) is 29.0 Å². The number of aliphatic hydroxyl groups is 1. The third kappa shape index (κ3) is 7.52. The van der Waals surface area contributed by atoms with E-state index in [1.54, 1.807) is 24.4 Å². The lowest BCUT2D eigenvalue weighted by molar-refractivity contribution is 0.0830. The maximum Gasteiger partial charge on any atom is 0.251 e. The van der Waals surface area contributed by atoms with Crippen molar-refractivity contribution in [2.24, 2.45) is 0 Å². The van der Waals surface area contributed by atoms with Crippen LogP contribution in [-0.4, -0.2) is 34.7 Å². The molecule has 0 aliphatic rings. The second-order valence-electron chi connectivity index (χ2n) is 8.85. The number of hydrogen-bond donors (Lipinski definition) is 3. The molecule has 0 unspecified atom stereocenters. The number of nitrogens with zero attached hydrogens (tertiary/aromatic N) is 1. The smallest absolute Gasteiger partial charge is 0.251 e. The van der Waals surface area contributed by atoms with Crippen LogP contribution in [0.5, 0.6) is 0 Å². The average Bonchev–Trinajstić information content (AvgIpc) is 3.43. The minimum atomic E-state index is -1.01. The van der Waals surface area contributed by atoms with E-state index in [0.717, 1.165) is 28.6 Å². The van der Waals surface area contributed by atoms with Gasteiger partial charge in [-0.3, -0.25) is 4.79 Å². The van der Waals surface area contributed by atoms with Crippen LogP contribution in [0.3, 0.4) is 0 Å². The van der Waals surface area contributed by atoms with Crippen LogP contribution < -0.4 is 10.6 Å². The summed E-state index contributed by atoms with van der Waals surface area (Å²) in [5, 5.41) is 19.8. The predicted molar refractivity (Wildman–Crippen MR) is 142 cm³/mol. The summed E-state index contributed by atoms with van der Waals surface area (Å²) in [6, 6.07) is 17.6. The first-order chi connectivity index (χ1) is 17.9. The SMILES string of the molecule is CCc1cccc(CNC[C@H](O)[C@H](Cc2cc(F)cc(F)c2)NC(=O)c2cccc(-c3nccs3)c2)c1. The van der Waals surface area contributed by atoms with Gasteiger partial charge in [0.05, 0.1) is 12.1 Å². The van der Waals surface area contributed by atoms with Gasteiger partial charge in [0.1, 0.15) is 16.6 Å². The van der Waals surface area contributed by atoms with Gasteiger partial charge < -0.3 is 15.7 Å². The van der Waals surface area contributed by atoms with Gasteiger partial charge in [-0.1, -0.05) is 43.3 Å². The molecule has 1 amide bonds. The van der Waals surface area contributed by atoms with Crippen LogP contribution >= 0.6 is 11.3 Å². The van der Waals surface area contributed by atoms with E-state index in [1.807, 2.05) is 23.6 Å². The van der Waals surface area contributed by atoms with Crippen molar-refractivity contribution in [3.05, 3.63) is 112 Å². The third-order valence-corrected chi connectivity index (χ3v) is 6.87. The van der Waals surface area contributed by atoms with E-state index < -0.39 is 29.7 Å².